The zero-order chi connectivity index (χ0) is 13.1. The maximum absolute atomic E-state index is 5.71. The molecule has 0 spiro atoms. The lowest BCUT2D eigenvalue weighted by Crippen LogP contribution is -2.44. The molecule has 1 atom stereocenters. The largest absolute Gasteiger partial charge is 0.374 e. The summed E-state index contributed by atoms with van der Waals surface area (Å²) in [6.45, 7) is 6.55. The van der Waals surface area contributed by atoms with E-state index in [2.05, 4.69) is 38.3 Å². The molecule has 1 aliphatic rings. The Morgan fingerprint density at radius 1 is 1.50 bits per heavy atom. The van der Waals surface area contributed by atoms with Crippen molar-refractivity contribution in [1.82, 2.24) is 20.0 Å². The molecule has 102 valence electrons. The minimum atomic E-state index is 0.289. The Bertz CT molecular complexity index is 407. The summed E-state index contributed by atoms with van der Waals surface area (Å²) < 4.78 is 8.73. The molecule has 0 aromatic carbocycles. The first kappa shape index (κ1) is 14.0. The monoisotopic (exact) mass is 316 g/mol. The molecule has 0 aliphatic carbocycles. The molecular weight excluding hydrogens is 296 g/mol. The highest BCUT2D eigenvalue weighted by Gasteiger charge is 2.17. The number of ether oxygens (including phenoxy) is 1. The van der Waals surface area contributed by atoms with Crippen molar-refractivity contribution in [2.75, 3.05) is 33.3 Å². The topological polar surface area (TPSA) is 42.3 Å². The van der Waals surface area contributed by atoms with Gasteiger partial charge in [0.05, 0.1) is 28.6 Å². The van der Waals surface area contributed by atoms with E-state index in [0.717, 1.165) is 43.0 Å². The summed E-state index contributed by atoms with van der Waals surface area (Å²) >= 11 is 3.57. The molecule has 1 aromatic heterocycles. The molecule has 1 unspecified atom stereocenters. The average Bonchev–Trinajstić information content (AvgIpc) is 2.56. The molecule has 1 aromatic rings. The predicted octanol–water partition coefficient (Wildman–Crippen LogP) is 0.911. The summed E-state index contributed by atoms with van der Waals surface area (Å²) in [4.78, 5) is 2.31. The van der Waals surface area contributed by atoms with E-state index in [4.69, 9.17) is 4.74 Å². The van der Waals surface area contributed by atoms with Crippen LogP contribution in [0.2, 0.25) is 0 Å². The molecule has 0 bridgehead atoms. The minimum Gasteiger partial charge on any atom is -0.374 e. The highest BCUT2D eigenvalue weighted by Crippen LogP contribution is 2.19. The second-order valence-corrected chi connectivity index (χ2v) is 5.65. The Morgan fingerprint density at radius 3 is 2.89 bits per heavy atom. The third-order valence-electron chi connectivity index (χ3n) is 3.27. The Balaban J connectivity index is 1.81. The fourth-order valence-corrected chi connectivity index (χ4v) is 2.69. The third kappa shape index (κ3) is 3.32. The summed E-state index contributed by atoms with van der Waals surface area (Å²) in [6, 6.07) is 0. The van der Waals surface area contributed by atoms with Gasteiger partial charge in [0.1, 0.15) is 0 Å². The van der Waals surface area contributed by atoms with Crippen molar-refractivity contribution < 1.29 is 4.74 Å². The van der Waals surface area contributed by atoms with Gasteiger partial charge in [0, 0.05) is 33.2 Å². The van der Waals surface area contributed by atoms with Crippen molar-refractivity contribution in [2.24, 2.45) is 7.05 Å². The normalized spacial score (nSPS) is 21.4. The van der Waals surface area contributed by atoms with Crippen LogP contribution in [0.3, 0.4) is 0 Å². The van der Waals surface area contributed by atoms with Crippen LogP contribution in [0, 0.1) is 6.92 Å². The zero-order valence-corrected chi connectivity index (χ0v) is 12.8. The van der Waals surface area contributed by atoms with E-state index in [1.165, 1.54) is 5.69 Å². The first-order valence-corrected chi connectivity index (χ1v) is 7.06. The van der Waals surface area contributed by atoms with Crippen LogP contribution in [-0.4, -0.2) is 54.1 Å². The Labute approximate surface area is 117 Å². The number of halogens is 1. The smallest absolute Gasteiger partial charge is 0.0826 e. The number of aryl methyl sites for hydroxylation is 2. The number of aromatic nitrogens is 2. The summed E-state index contributed by atoms with van der Waals surface area (Å²) in [5.41, 5.74) is 2.21. The van der Waals surface area contributed by atoms with Gasteiger partial charge in [-0.05, 0) is 29.9 Å². The molecule has 1 N–H and O–H groups in total. The van der Waals surface area contributed by atoms with Crippen molar-refractivity contribution in [1.29, 1.82) is 0 Å². The number of nitrogens with one attached hydrogen (secondary N) is 1. The lowest BCUT2D eigenvalue weighted by atomic mass is 10.2. The van der Waals surface area contributed by atoms with Crippen LogP contribution in [0.25, 0.3) is 0 Å². The molecular formula is C12H21BrN4O. The number of rotatable bonds is 4. The highest BCUT2D eigenvalue weighted by molar-refractivity contribution is 9.10. The summed E-state index contributed by atoms with van der Waals surface area (Å²) in [7, 11) is 4.11. The van der Waals surface area contributed by atoms with Gasteiger partial charge in [-0.1, -0.05) is 0 Å². The van der Waals surface area contributed by atoms with E-state index in [1.54, 1.807) is 0 Å². The van der Waals surface area contributed by atoms with Crippen LogP contribution < -0.4 is 5.32 Å². The molecule has 2 rings (SSSR count). The number of morpholine rings is 1. The van der Waals surface area contributed by atoms with Gasteiger partial charge < -0.3 is 15.0 Å². The maximum atomic E-state index is 5.71. The standard InChI is InChI=1S/C12H21BrN4O/c1-9-12(13)11(17(3)15-9)7-14-6-10-8-16(2)4-5-18-10/h10,14H,4-8H2,1-3H3. The van der Waals surface area contributed by atoms with Crippen LogP contribution in [-0.2, 0) is 18.3 Å². The minimum absolute atomic E-state index is 0.289. The van der Waals surface area contributed by atoms with Gasteiger partial charge in [-0.3, -0.25) is 4.68 Å². The van der Waals surface area contributed by atoms with E-state index >= 15 is 0 Å². The Hall–Kier alpha value is -0.430. The number of hydrogen-bond donors (Lipinski definition) is 1. The second kappa shape index (κ2) is 6.14. The van der Waals surface area contributed by atoms with E-state index in [1.807, 2.05) is 18.7 Å². The predicted molar refractivity (Wildman–Crippen MR) is 74.6 cm³/mol. The maximum Gasteiger partial charge on any atom is 0.0826 e. The lowest BCUT2D eigenvalue weighted by Gasteiger charge is -2.30. The van der Waals surface area contributed by atoms with Crippen molar-refractivity contribution in [3.05, 3.63) is 15.9 Å². The quantitative estimate of drug-likeness (QED) is 0.896. The van der Waals surface area contributed by atoms with Crippen LogP contribution >= 0.6 is 15.9 Å². The first-order valence-electron chi connectivity index (χ1n) is 6.26. The van der Waals surface area contributed by atoms with Gasteiger partial charge in [-0.25, -0.2) is 0 Å². The van der Waals surface area contributed by atoms with Gasteiger partial charge in [-0.2, -0.15) is 5.10 Å². The fourth-order valence-electron chi connectivity index (χ4n) is 2.21. The van der Waals surface area contributed by atoms with Crippen LogP contribution in [0.15, 0.2) is 4.47 Å². The van der Waals surface area contributed by atoms with Crippen molar-refractivity contribution >= 4 is 15.9 Å². The molecule has 18 heavy (non-hydrogen) atoms. The molecule has 1 saturated heterocycles. The SMILES string of the molecule is Cc1nn(C)c(CNCC2CN(C)CCO2)c1Br. The van der Waals surface area contributed by atoms with Crippen LogP contribution in [0.5, 0.6) is 0 Å². The van der Waals surface area contributed by atoms with Crippen molar-refractivity contribution in [2.45, 2.75) is 19.6 Å². The molecule has 6 heteroatoms. The molecule has 1 aliphatic heterocycles. The Morgan fingerprint density at radius 2 is 2.28 bits per heavy atom. The number of hydrogen-bond acceptors (Lipinski definition) is 4. The van der Waals surface area contributed by atoms with Gasteiger partial charge >= 0.3 is 0 Å². The zero-order valence-electron chi connectivity index (χ0n) is 11.2. The van der Waals surface area contributed by atoms with Crippen molar-refractivity contribution in [3.8, 4) is 0 Å². The summed E-state index contributed by atoms with van der Waals surface area (Å²) in [6.07, 6.45) is 0.289. The fraction of sp³-hybridized carbons (Fsp3) is 0.750. The van der Waals surface area contributed by atoms with E-state index < -0.39 is 0 Å². The first-order chi connectivity index (χ1) is 8.58. The molecule has 0 radical (unpaired) electrons. The van der Waals surface area contributed by atoms with Gasteiger partial charge in [0.15, 0.2) is 0 Å². The van der Waals surface area contributed by atoms with Crippen LogP contribution in [0.1, 0.15) is 11.4 Å². The second-order valence-electron chi connectivity index (χ2n) is 4.86. The Kier molecular flexibility index (Phi) is 4.77. The molecule has 0 saturated carbocycles. The van der Waals surface area contributed by atoms with Gasteiger partial charge in [-0.15, -0.1) is 0 Å². The van der Waals surface area contributed by atoms with Crippen LogP contribution in [0.4, 0.5) is 0 Å². The summed E-state index contributed by atoms with van der Waals surface area (Å²) in [5, 5.41) is 7.82. The molecule has 2 heterocycles. The highest BCUT2D eigenvalue weighted by atomic mass is 79.9. The van der Waals surface area contributed by atoms with Gasteiger partial charge in [0.2, 0.25) is 0 Å². The third-order valence-corrected chi connectivity index (χ3v) is 4.30. The number of likely N-dealkylation sites (N-methyl/N-ethyl adjacent to an activating group) is 1. The number of nitrogens with zero attached hydrogens (tertiary/aromatic N) is 3. The average molecular weight is 317 g/mol. The van der Waals surface area contributed by atoms with E-state index in [-0.39, 0.29) is 6.10 Å². The summed E-state index contributed by atoms with van der Waals surface area (Å²) in [5.74, 6) is 0. The molecule has 1 fully saturated rings. The van der Waals surface area contributed by atoms with Crippen molar-refractivity contribution in [3.63, 3.8) is 0 Å². The molecule has 0 amide bonds. The van der Waals surface area contributed by atoms with Gasteiger partial charge in [0.25, 0.3) is 0 Å². The van der Waals surface area contributed by atoms with E-state index in [0.29, 0.717) is 0 Å². The molecule has 5 nitrogen and oxygen atoms in total. The van der Waals surface area contributed by atoms with E-state index in [9.17, 15) is 0 Å². The lowest BCUT2D eigenvalue weighted by molar-refractivity contribution is -0.0182.